The van der Waals surface area contributed by atoms with E-state index >= 15 is 0 Å². The molecule has 0 heterocycles. The van der Waals surface area contributed by atoms with E-state index in [0.29, 0.717) is 18.8 Å². The van der Waals surface area contributed by atoms with Crippen LogP contribution in [-0.2, 0) is 18.0 Å². The summed E-state index contributed by atoms with van der Waals surface area (Å²) >= 11 is 0. The number of phenolic OH excluding ortho intramolecular Hbond substituents is 2. The fraction of sp³-hybridized carbons (Fsp3) is 0.100. The van der Waals surface area contributed by atoms with E-state index in [-0.39, 0.29) is 11.5 Å². The first-order valence-corrected chi connectivity index (χ1v) is 7.46. The molecular weight excluding hydrogens is 288 g/mol. The van der Waals surface area contributed by atoms with E-state index in [9.17, 15) is 10.2 Å². The van der Waals surface area contributed by atoms with E-state index in [4.69, 9.17) is 4.74 Å². The summed E-state index contributed by atoms with van der Waals surface area (Å²) < 4.78 is 5.78. The number of aromatic hydroxyl groups is 2. The maximum Gasteiger partial charge on any atom is 0.127 e. The monoisotopic (exact) mass is 306 g/mol. The molecule has 0 spiro atoms. The van der Waals surface area contributed by atoms with Gasteiger partial charge in [-0.3, -0.25) is 0 Å². The van der Waals surface area contributed by atoms with Crippen molar-refractivity contribution in [2.75, 3.05) is 0 Å². The smallest absolute Gasteiger partial charge is 0.127 e. The van der Waals surface area contributed by atoms with Crippen molar-refractivity contribution in [2.24, 2.45) is 0 Å². The second-order valence-corrected chi connectivity index (χ2v) is 5.31. The average Bonchev–Trinajstić information content (AvgIpc) is 2.57. The molecule has 0 amide bonds. The molecule has 3 aromatic carbocycles. The molecule has 3 nitrogen and oxygen atoms in total. The fourth-order valence-corrected chi connectivity index (χ4v) is 2.55. The quantitative estimate of drug-likeness (QED) is 0.730. The van der Waals surface area contributed by atoms with Crippen LogP contribution in [0.3, 0.4) is 0 Å². The van der Waals surface area contributed by atoms with Gasteiger partial charge >= 0.3 is 0 Å². The maximum absolute atomic E-state index is 10.1. The molecule has 23 heavy (non-hydrogen) atoms. The van der Waals surface area contributed by atoms with Crippen LogP contribution in [0, 0.1) is 0 Å². The maximum atomic E-state index is 10.1. The van der Waals surface area contributed by atoms with Gasteiger partial charge in [-0.15, -0.1) is 0 Å². The van der Waals surface area contributed by atoms with E-state index in [1.54, 1.807) is 18.2 Å². The van der Waals surface area contributed by atoms with Gasteiger partial charge in [-0.1, -0.05) is 60.7 Å². The standard InChI is InChI=1S/C20H18O3/c21-18-11-6-12-19(22)20(18)17-10-5-4-9-16(17)14-23-13-15-7-2-1-3-8-15/h1-12,21-22H,13-14H2. The highest BCUT2D eigenvalue weighted by molar-refractivity contribution is 5.78. The zero-order valence-electron chi connectivity index (χ0n) is 12.6. The summed E-state index contributed by atoms with van der Waals surface area (Å²) in [6.45, 7) is 0.917. The molecule has 0 saturated heterocycles. The van der Waals surface area contributed by atoms with Crippen LogP contribution >= 0.6 is 0 Å². The topological polar surface area (TPSA) is 49.7 Å². The lowest BCUT2D eigenvalue weighted by Gasteiger charge is -2.13. The van der Waals surface area contributed by atoms with Crippen LogP contribution < -0.4 is 0 Å². The first-order valence-electron chi connectivity index (χ1n) is 7.46. The number of rotatable bonds is 5. The van der Waals surface area contributed by atoms with E-state index in [0.717, 1.165) is 16.7 Å². The van der Waals surface area contributed by atoms with Crippen molar-refractivity contribution in [3.05, 3.63) is 83.9 Å². The number of phenols is 2. The van der Waals surface area contributed by atoms with Crippen molar-refractivity contribution in [1.29, 1.82) is 0 Å². The lowest BCUT2D eigenvalue weighted by molar-refractivity contribution is 0.107. The molecule has 0 fully saturated rings. The minimum absolute atomic E-state index is 0.0560. The van der Waals surface area contributed by atoms with Crippen LogP contribution in [0.5, 0.6) is 11.5 Å². The Kier molecular flexibility index (Phi) is 4.60. The van der Waals surface area contributed by atoms with Gasteiger partial charge in [0.05, 0.1) is 18.8 Å². The van der Waals surface area contributed by atoms with Gasteiger partial charge in [-0.25, -0.2) is 0 Å². The van der Waals surface area contributed by atoms with Gasteiger partial charge in [-0.2, -0.15) is 0 Å². The zero-order chi connectivity index (χ0) is 16.1. The summed E-state index contributed by atoms with van der Waals surface area (Å²) in [6.07, 6.45) is 0. The average molecular weight is 306 g/mol. The molecule has 0 aromatic heterocycles. The Morgan fingerprint density at radius 3 is 2.04 bits per heavy atom. The van der Waals surface area contributed by atoms with Gasteiger partial charge in [0.25, 0.3) is 0 Å². The molecule has 0 aliphatic heterocycles. The summed E-state index contributed by atoms with van der Waals surface area (Å²) in [5.74, 6) is 0.112. The van der Waals surface area contributed by atoms with Crippen LogP contribution in [-0.4, -0.2) is 10.2 Å². The molecule has 0 radical (unpaired) electrons. The Hall–Kier alpha value is -2.78. The third kappa shape index (κ3) is 3.52. The van der Waals surface area contributed by atoms with Gasteiger partial charge in [0.15, 0.2) is 0 Å². The highest BCUT2D eigenvalue weighted by Gasteiger charge is 2.13. The molecular formula is C20H18O3. The summed E-state index contributed by atoms with van der Waals surface area (Å²) in [4.78, 5) is 0. The van der Waals surface area contributed by atoms with Gasteiger partial charge in [0, 0.05) is 0 Å². The number of ether oxygens (including phenoxy) is 1. The molecule has 0 saturated carbocycles. The summed E-state index contributed by atoms with van der Waals surface area (Å²) in [6, 6.07) is 22.3. The molecule has 3 heteroatoms. The Morgan fingerprint density at radius 1 is 0.652 bits per heavy atom. The first kappa shape index (κ1) is 15.1. The summed E-state index contributed by atoms with van der Waals surface area (Å²) in [5.41, 5.74) is 3.23. The second-order valence-electron chi connectivity index (χ2n) is 5.31. The first-order chi connectivity index (χ1) is 11.3. The van der Waals surface area contributed by atoms with E-state index < -0.39 is 0 Å². The Bertz CT molecular complexity index is 762. The minimum Gasteiger partial charge on any atom is -0.507 e. The third-order valence-electron chi connectivity index (χ3n) is 3.68. The van der Waals surface area contributed by atoms with E-state index in [1.807, 2.05) is 54.6 Å². The van der Waals surface area contributed by atoms with Crippen LogP contribution in [0.2, 0.25) is 0 Å². The van der Waals surface area contributed by atoms with Crippen LogP contribution in [0.25, 0.3) is 11.1 Å². The number of hydrogen-bond acceptors (Lipinski definition) is 3. The van der Waals surface area contributed by atoms with Crippen LogP contribution in [0.15, 0.2) is 72.8 Å². The SMILES string of the molecule is Oc1cccc(O)c1-c1ccccc1COCc1ccccc1. The minimum atomic E-state index is 0.0560. The highest BCUT2D eigenvalue weighted by atomic mass is 16.5. The van der Waals surface area contributed by atoms with Gasteiger partial charge < -0.3 is 14.9 Å². The number of benzene rings is 3. The van der Waals surface area contributed by atoms with Gasteiger partial charge in [0.1, 0.15) is 11.5 Å². The molecule has 0 bridgehead atoms. The van der Waals surface area contributed by atoms with Crippen LogP contribution in [0.4, 0.5) is 0 Å². The van der Waals surface area contributed by atoms with Gasteiger partial charge in [0.2, 0.25) is 0 Å². The van der Waals surface area contributed by atoms with Crippen molar-refractivity contribution in [3.8, 4) is 22.6 Å². The van der Waals surface area contributed by atoms with E-state index in [1.165, 1.54) is 0 Å². The Morgan fingerprint density at radius 2 is 1.30 bits per heavy atom. The molecule has 2 N–H and O–H groups in total. The Labute approximate surface area is 135 Å². The molecule has 3 rings (SSSR count). The Balaban J connectivity index is 1.81. The van der Waals surface area contributed by atoms with Crippen molar-refractivity contribution >= 4 is 0 Å². The van der Waals surface area contributed by atoms with Crippen molar-refractivity contribution in [3.63, 3.8) is 0 Å². The highest BCUT2D eigenvalue weighted by Crippen LogP contribution is 2.38. The number of hydrogen-bond donors (Lipinski definition) is 2. The molecule has 0 unspecified atom stereocenters. The zero-order valence-corrected chi connectivity index (χ0v) is 12.6. The summed E-state index contributed by atoms with van der Waals surface area (Å²) in [5, 5.41) is 20.1. The molecule has 0 aliphatic rings. The van der Waals surface area contributed by atoms with Crippen molar-refractivity contribution < 1.29 is 14.9 Å². The lowest BCUT2D eigenvalue weighted by atomic mass is 9.98. The molecule has 0 atom stereocenters. The van der Waals surface area contributed by atoms with Crippen LogP contribution in [0.1, 0.15) is 11.1 Å². The summed E-state index contributed by atoms with van der Waals surface area (Å²) in [7, 11) is 0. The lowest BCUT2D eigenvalue weighted by Crippen LogP contribution is -1.96. The fourth-order valence-electron chi connectivity index (χ4n) is 2.55. The van der Waals surface area contributed by atoms with Gasteiger partial charge in [-0.05, 0) is 28.8 Å². The van der Waals surface area contributed by atoms with E-state index in [2.05, 4.69) is 0 Å². The van der Waals surface area contributed by atoms with Crippen molar-refractivity contribution in [1.82, 2.24) is 0 Å². The normalized spacial score (nSPS) is 10.6. The third-order valence-corrected chi connectivity index (χ3v) is 3.68. The largest absolute Gasteiger partial charge is 0.507 e. The predicted octanol–water partition coefficient (Wildman–Crippen LogP) is 4.48. The predicted molar refractivity (Wildman–Crippen MR) is 90.1 cm³/mol. The molecule has 0 aliphatic carbocycles. The van der Waals surface area contributed by atoms with Crippen molar-refractivity contribution in [2.45, 2.75) is 13.2 Å². The molecule has 116 valence electrons. The second kappa shape index (κ2) is 6.99. The molecule has 3 aromatic rings.